The summed E-state index contributed by atoms with van der Waals surface area (Å²) in [5, 5.41) is 13.8. The Hall–Kier alpha value is -1.40. The summed E-state index contributed by atoms with van der Waals surface area (Å²) in [4.78, 5) is 14.6. The zero-order chi connectivity index (χ0) is 18.9. The minimum atomic E-state index is 0.187. The fourth-order valence-electron chi connectivity index (χ4n) is 3.74. The number of aromatic amines is 1. The molecule has 0 unspecified atom stereocenters. The maximum atomic E-state index is 12.3. The van der Waals surface area contributed by atoms with Crippen LogP contribution < -0.4 is 10.6 Å². The van der Waals surface area contributed by atoms with Crippen LogP contribution in [0, 0.1) is 11.8 Å². The first-order valence-electron chi connectivity index (χ1n) is 10.1. The standard InChI is InChI=1S/C20H37N5O/c1-15(2)9-10-22-20(26)17-7-5-16(6-8-17)18-13-23-24-19(18)14-25(4)12-11-21-3/h13,15-17,21H,5-12,14H2,1-4H3,(H,22,26)(H,23,24)/t16-,17-. The van der Waals surface area contributed by atoms with Crippen LogP contribution in [0.25, 0.3) is 0 Å². The van der Waals surface area contributed by atoms with Gasteiger partial charge in [0, 0.05) is 38.3 Å². The van der Waals surface area contributed by atoms with Crippen LogP contribution in [0.1, 0.15) is 63.1 Å². The maximum Gasteiger partial charge on any atom is 0.223 e. The van der Waals surface area contributed by atoms with Gasteiger partial charge in [-0.05, 0) is 63.6 Å². The van der Waals surface area contributed by atoms with Crippen LogP contribution in [0.3, 0.4) is 0 Å². The third-order valence-corrected chi connectivity index (χ3v) is 5.47. The summed E-state index contributed by atoms with van der Waals surface area (Å²) in [6.45, 7) is 8.04. The highest BCUT2D eigenvalue weighted by Crippen LogP contribution is 2.37. The molecule has 26 heavy (non-hydrogen) atoms. The Labute approximate surface area is 158 Å². The van der Waals surface area contributed by atoms with Gasteiger partial charge in [-0.2, -0.15) is 5.10 Å². The van der Waals surface area contributed by atoms with Crippen molar-refractivity contribution in [2.45, 2.75) is 58.4 Å². The molecular formula is C20H37N5O. The van der Waals surface area contributed by atoms with E-state index in [1.165, 1.54) is 5.56 Å². The lowest BCUT2D eigenvalue weighted by atomic mass is 9.78. The predicted octanol–water partition coefficient (Wildman–Crippen LogP) is 2.50. The normalized spacial score (nSPS) is 20.7. The van der Waals surface area contributed by atoms with Crippen molar-refractivity contribution in [3.8, 4) is 0 Å². The molecule has 6 nitrogen and oxygen atoms in total. The topological polar surface area (TPSA) is 73.0 Å². The fourth-order valence-corrected chi connectivity index (χ4v) is 3.74. The molecule has 0 spiro atoms. The number of amides is 1. The van der Waals surface area contributed by atoms with E-state index < -0.39 is 0 Å². The van der Waals surface area contributed by atoms with Crippen molar-refractivity contribution in [2.75, 3.05) is 33.7 Å². The summed E-state index contributed by atoms with van der Waals surface area (Å²) in [5.41, 5.74) is 2.51. The maximum absolute atomic E-state index is 12.3. The van der Waals surface area contributed by atoms with Crippen LogP contribution in [0.2, 0.25) is 0 Å². The number of carbonyl (C=O) groups is 1. The summed E-state index contributed by atoms with van der Waals surface area (Å²) in [7, 11) is 4.11. The lowest BCUT2D eigenvalue weighted by Crippen LogP contribution is -2.34. The molecule has 1 fully saturated rings. The van der Waals surface area contributed by atoms with Crippen molar-refractivity contribution in [1.29, 1.82) is 0 Å². The smallest absolute Gasteiger partial charge is 0.223 e. The monoisotopic (exact) mass is 363 g/mol. The Morgan fingerprint density at radius 1 is 1.31 bits per heavy atom. The largest absolute Gasteiger partial charge is 0.356 e. The average molecular weight is 364 g/mol. The molecule has 1 aromatic heterocycles. The van der Waals surface area contributed by atoms with E-state index in [-0.39, 0.29) is 11.8 Å². The molecule has 0 aromatic carbocycles. The zero-order valence-corrected chi connectivity index (χ0v) is 17.0. The third kappa shape index (κ3) is 6.40. The highest BCUT2D eigenvalue weighted by molar-refractivity contribution is 5.78. The van der Waals surface area contributed by atoms with Gasteiger partial charge in [0.1, 0.15) is 0 Å². The van der Waals surface area contributed by atoms with Crippen molar-refractivity contribution in [2.24, 2.45) is 11.8 Å². The van der Waals surface area contributed by atoms with Crippen LogP contribution in [-0.2, 0) is 11.3 Å². The quantitative estimate of drug-likeness (QED) is 0.597. The van der Waals surface area contributed by atoms with E-state index in [2.05, 4.69) is 52.8 Å². The number of carbonyl (C=O) groups excluding carboxylic acids is 1. The number of hydrogen-bond donors (Lipinski definition) is 3. The SMILES string of the molecule is CNCCN(C)Cc1n[nH]cc1[C@H]1CC[C@H](C(=O)NCCC(C)C)CC1. The number of likely N-dealkylation sites (N-methyl/N-ethyl adjacent to an activating group) is 2. The number of rotatable bonds is 10. The van der Waals surface area contributed by atoms with Crippen molar-refractivity contribution in [1.82, 2.24) is 25.7 Å². The fraction of sp³-hybridized carbons (Fsp3) is 0.800. The summed E-state index contributed by atoms with van der Waals surface area (Å²) in [6.07, 6.45) is 7.25. The molecule has 2 rings (SSSR count). The van der Waals surface area contributed by atoms with Crippen LogP contribution in [0.5, 0.6) is 0 Å². The van der Waals surface area contributed by atoms with Gasteiger partial charge in [0.25, 0.3) is 0 Å². The predicted molar refractivity (Wildman–Crippen MR) is 106 cm³/mol. The average Bonchev–Trinajstić information content (AvgIpc) is 3.07. The van der Waals surface area contributed by atoms with E-state index in [0.29, 0.717) is 11.8 Å². The Kier molecular flexibility index (Phi) is 8.59. The molecule has 0 radical (unpaired) electrons. The van der Waals surface area contributed by atoms with Gasteiger partial charge in [-0.1, -0.05) is 13.8 Å². The summed E-state index contributed by atoms with van der Waals surface area (Å²) >= 11 is 0. The minimum absolute atomic E-state index is 0.187. The number of nitrogens with one attached hydrogen (secondary N) is 3. The first-order valence-corrected chi connectivity index (χ1v) is 10.1. The van der Waals surface area contributed by atoms with Gasteiger partial charge in [0.2, 0.25) is 5.91 Å². The second kappa shape index (κ2) is 10.7. The number of H-pyrrole nitrogens is 1. The molecule has 0 atom stereocenters. The molecule has 6 heteroatoms. The Morgan fingerprint density at radius 3 is 2.69 bits per heavy atom. The molecule has 1 amide bonds. The summed E-state index contributed by atoms with van der Waals surface area (Å²) in [5.74, 6) is 1.60. The molecule has 1 aliphatic carbocycles. The van der Waals surface area contributed by atoms with Gasteiger partial charge in [-0.15, -0.1) is 0 Å². The second-order valence-electron chi connectivity index (χ2n) is 8.15. The van der Waals surface area contributed by atoms with Crippen molar-refractivity contribution >= 4 is 5.91 Å². The first-order chi connectivity index (χ1) is 12.5. The Bertz CT molecular complexity index is 534. The van der Waals surface area contributed by atoms with Crippen LogP contribution in [-0.4, -0.2) is 54.7 Å². The molecule has 0 saturated heterocycles. The first kappa shape index (κ1) is 20.9. The molecule has 0 aliphatic heterocycles. The number of aromatic nitrogens is 2. The van der Waals surface area contributed by atoms with E-state index in [0.717, 1.165) is 64.0 Å². The van der Waals surface area contributed by atoms with Gasteiger partial charge in [0.15, 0.2) is 0 Å². The van der Waals surface area contributed by atoms with Crippen LogP contribution >= 0.6 is 0 Å². The van der Waals surface area contributed by atoms with E-state index >= 15 is 0 Å². The van der Waals surface area contributed by atoms with Gasteiger partial charge < -0.3 is 10.6 Å². The van der Waals surface area contributed by atoms with Crippen LogP contribution in [0.15, 0.2) is 6.20 Å². The van der Waals surface area contributed by atoms with Crippen molar-refractivity contribution < 1.29 is 4.79 Å². The lowest BCUT2D eigenvalue weighted by Gasteiger charge is -2.28. The highest BCUT2D eigenvalue weighted by atomic mass is 16.1. The summed E-state index contributed by atoms with van der Waals surface area (Å²) in [6, 6.07) is 0. The molecule has 1 aliphatic rings. The molecule has 1 saturated carbocycles. The molecule has 1 heterocycles. The van der Waals surface area contributed by atoms with E-state index in [4.69, 9.17) is 0 Å². The molecule has 0 bridgehead atoms. The van der Waals surface area contributed by atoms with E-state index in [1.807, 2.05) is 7.05 Å². The van der Waals surface area contributed by atoms with Gasteiger partial charge in [-0.3, -0.25) is 14.8 Å². The molecular weight excluding hydrogens is 326 g/mol. The molecule has 3 N–H and O–H groups in total. The van der Waals surface area contributed by atoms with Gasteiger partial charge >= 0.3 is 0 Å². The van der Waals surface area contributed by atoms with Gasteiger partial charge in [0.05, 0.1) is 5.69 Å². The molecule has 148 valence electrons. The van der Waals surface area contributed by atoms with E-state index in [1.54, 1.807) is 0 Å². The second-order valence-corrected chi connectivity index (χ2v) is 8.15. The molecule has 1 aromatic rings. The van der Waals surface area contributed by atoms with Crippen molar-refractivity contribution in [3.05, 3.63) is 17.5 Å². The van der Waals surface area contributed by atoms with Gasteiger partial charge in [-0.25, -0.2) is 0 Å². The van der Waals surface area contributed by atoms with Crippen LogP contribution in [0.4, 0.5) is 0 Å². The Balaban J connectivity index is 1.81. The van der Waals surface area contributed by atoms with Crippen molar-refractivity contribution in [3.63, 3.8) is 0 Å². The third-order valence-electron chi connectivity index (χ3n) is 5.47. The highest BCUT2D eigenvalue weighted by Gasteiger charge is 2.28. The zero-order valence-electron chi connectivity index (χ0n) is 17.0. The van der Waals surface area contributed by atoms with E-state index in [9.17, 15) is 4.79 Å². The number of hydrogen-bond acceptors (Lipinski definition) is 4. The lowest BCUT2D eigenvalue weighted by molar-refractivity contribution is -0.126. The summed E-state index contributed by atoms with van der Waals surface area (Å²) < 4.78 is 0. The Morgan fingerprint density at radius 2 is 2.04 bits per heavy atom. The number of nitrogens with zero attached hydrogens (tertiary/aromatic N) is 2. The minimum Gasteiger partial charge on any atom is -0.356 e.